The lowest BCUT2D eigenvalue weighted by molar-refractivity contribution is 0.350. The second-order valence-electron chi connectivity index (χ2n) is 10.3. The summed E-state index contributed by atoms with van der Waals surface area (Å²) in [5.41, 5.74) is 4.72. The molecule has 0 bridgehead atoms. The van der Waals surface area contributed by atoms with Crippen LogP contribution in [-0.2, 0) is 6.54 Å². The molecule has 2 aliphatic rings. The van der Waals surface area contributed by atoms with Crippen LogP contribution in [0.3, 0.4) is 0 Å². The summed E-state index contributed by atoms with van der Waals surface area (Å²) in [6, 6.07) is 16.0. The van der Waals surface area contributed by atoms with Crippen LogP contribution in [0.15, 0.2) is 61.1 Å². The Bertz CT molecular complexity index is 1360. The van der Waals surface area contributed by atoms with Gasteiger partial charge in [0.15, 0.2) is 0 Å². The summed E-state index contributed by atoms with van der Waals surface area (Å²) in [6.07, 6.45) is 11.0. The van der Waals surface area contributed by atoms with E-state index < -0.39 is 0 Å². The van der Waals surface area contributed by atoms with E-state index in [0.717, 1.165) is 52.3 Å². The predicted molar refractivity (Wildman–Crippen MR) is 144 cm³/mol. The number of halogens is 2. The monoisotopic (exact) mass is 503 g/mol. The van der Waals surface area contributed by atoms with E-state index >= 15 is 0 Å². The van der Waals surface area contributed by atoms with Crippen molar-refractivity contribution in [3.05, 3.63) is 77.5 Å². The summed E-state index contributed by atoms with van der Waals surface area (Å²) in [5.74, 6) is 1.55. The Balaban J connectivity index is 1.17. The number of hydrogen-bond acceptors (Lipinski definition) is 4. The molecule has 2 heterocycles. The Morgan fingerprint density at radius 2 is 1.78 bits per heavy atom. The van der Waals surface area contributed by atoms with Crippen molar-refractivity contribution in [2.24, 2.45) is 5.92 Å². The fraction of sp³-hybridized carbons (Fsp3) is 0.379. The molecule has 5 nitrogen and oxygen atoms in total. The fourth-order valence-corrected chi connectivity index (χ4v) is 5.44. The zero-order valence-electron chi connectivity index (χ0n) is 20.3. The summed E-state index contributed by atoms with van der Waals surface area (Å²) < 4.78 is 15.7. The van der Waals surface area contributed by atoms with E-state index in [-0.39, 0.29) is 5.82 Å². The molecule has 186 valence electrons. The summed E-state index contributed by atoms with van der Waals surface area (Å²) >= 11 is 6.61. The van der Waals surface area contributed by atoms with E-state index in [1.165, 1.54) is 38.3 Å². The van der Waals surface area contributed by atoms with Crippen molar-refractivity contribution in [1.29, 1.82) is 0 Å². The van der Waals surface area contributed by atoms with Crippen LogP contribution in [0.2, 0.25) is 5.02 Å². The zero-order chi connectivity index (χ0) is 24.5. The van der Waals surface area contributed by atoms with Gasteiger partial charge in [0.05, 0.1) is 22.4 Å². The van der Waals surface area contributed by atoms with Gasteiger partial charge in [0.25, 0.3) is 0 Å². The number of nitrogens with one attached hydrogen (secondary N) is 2. The number of aromatic nitrogens is 3. The molecule has 2 fully saturated rings. The van der Waals surface area contributed by atoms with Gasteiger partial charge in [0, 0.05) is 30.4 Å². The highest BCUT2D eigenvalue weighted by molar-refractivity contribution is 6.33. The molecule has 2 aromatic heterocycles. The Hall–Kier alpha value is -2.96. The Morgan fingerprint density at radius 1 is 0.944 bits per heavy atom. The average molecular weight is 504 g/mol. The normalized spacial score (nSPS) is 20.1. The van der Waals surface area contributed by atoms with Gasteiger partial charge in [0.2, 0.25) is 0 Å². The third-order valence-corrected chi connectivity index (χ3v) is 7.80. The minimum atomic E-state index is -0.232. The molecule has 0 spiro atoms. The molecule has 0 radical (unpaired) electrons. The summed E-state index contributed by atoms with van der Waals surface area (Å²) in [7, 11) is 0. The first kappa shape index (κ1) is 23.4. The molecule has 36 heavy (non-hydrogen) atoms. The van der Waals surface area contributed by atoms with Gasteiger partial charge in [-0.1, -0.05) is 29.8 Å². The highest BCUT2D eigenvalue weighted by Gasteiger charge is 2.25. The van der Waals surface area contributed by atoms with Crippen LogP contribution in [0.5, 0.6) is 0 Å². The van der Waals surface area contributed by atoms with Crippen molar-refractivity contribution in [2.75, 3.05) is 11.9 Å². The quantitative estimate of drug-likeness (QED) is 0.282. The minimum absolute atomic E-state index is 0.232. The van der Waals surface area contributed by atoms with E-state index in [4.69, 9.17) is 11.6 Å². The minimum Gasteiger partial charge on any atom is -0.367 e. The van der Waals surface area contributed by atoms with E-state index in [0.29, 0.717) is 23.7 Å². The number of pyridine rings is 1. The van der Waals surface area contributed by atoms with E-state index in [1.54, 1.807) is 24.7 Å². The van der Waals surface area contributed by atoms with E-state index in [1.807, 2.05) is 28.8 Å². The standard InChI is InChI=1S/C29H31ClFN5/c30-26-16-33-29(35-24-9-7-23(8-10-24)32-15-19-4-5-19)14-25(26)21-6-11-27-28(13-21)36(18-34-27)17-20-2-1-3-22(31)12-20/h1-3,6,11-14,16,18-19,23-24,32H,4-5,7-10,15,17H2,(H,33,35). The van der Waals surface area contributed by atoms with Gasteiger partial charge in [-0.15, -0.1) is 0 Å². The molecule has 2 saturated carbocycles. The van der Waals surface area contributed by atoms with Crippen LogP contribution in [0, 0.1) is 11.7 Å². The Kier molecular flexibility index (Phi) is 6.63. The molecule has 2 aromatic carbocycles. The summed E-state index contributed by atoms with van der Waals surface area (Å²) in [6.45, 7) is 1.74. The number of imidazole rings is 1. The topological polar surface area (TPSA) is 54.8 Å². The van der Waals surface area contributed by atoms with Gasteiger partial charge in [0.1, 0.15) is 11.6 Å². The first-order valence-corrected chi connectivity index (χ1v) is 13.3. The molecular formula is C29H31ClFN5. The lowest BCUT2D eigenvalue weighted by atomic mass is 9.91. The van der Waals surface area contributed by atoms with Crippen LogP contribution in [0.25, 0.3) is 22.2 Å². The maximum Gasteiger partial charge on any atom is 0.126 e. The van der Waals surface area contributed by atoms with Crippen molar-refractivity contribution in [3.63, 3.8) is 0 Å². The average Bonchev–Trinajstić information content (AvgIpc) is 3.64. The lowest BCUT2D eigenvalue weighted by Crippen LogP contribution is -2.37. The number of nitrogens with zero attached hydrogens (tertiary/aromatic N) is 3. The second kappa shape index (κ2) is 10.2. The van der Waals surface area contributed by atoms with Gasteiger partial charge in [-0.25, -0.2) is 14.4 Å². The largest absolute Gasteiger partial charge is 0.367 e. The zero-order valence-corrected chi connectivity index (χ0v) is 21.0. The maximum absolute atomic E-state index is 13.7. The number of benzene rings is 2. The molecule has 0 saturated heterocycles. The van der Waals surface area contributed by atoms with E-state index in [2.05, 4.69) is 26.7 Å². The van der Waals surface area contributed by atoms with Crippen LogP contribution < -0.4 is 10.6 Å². The highest BCUT2D eigenvalue weighted by atomic mass is 35.5. The molecular weight excluding hydrogens is 473 g/mol. The second-order valence-corrected chi connectivity index (χ2v) is 10.7. The first-order chi connectivity index (χ1) is 17.6. The van der Waals surface area contributed by atoms with Crippen molar-refractivity contribution < 1.29 is 4.39 Å². The van der Waals surface area contributed by atoms with Crippen molar-refractivity contribution in [1.82, 2.24) is 19.9 Å². The Labute approximate surface area is 216 Å². The molecule has 0 unspecified atom stereocenters. The van der Waals surface area contributed by atoms with Gasteiger partial charge < -0.3 is 15.2 Å². The van der Waals surface area contributed by atoms with Crippen LogP contribution >= 0.6 is 11.6 Å². The maximum atomic E-state index is 13.7. The molecule has 0 aliphatic heterocycles. The fourth-order valence-electron chi connectivity index (χ4n) is 5.23. The lowest BCUT2D eigenvalue weighted by Gasteiger charge is -2.30. The van der Waals surface area contributed by atoms with Gasteiger partial charge in [-0.2, -0.15) is 0 Å². The van der Waals surface area contributed by atoms with E-state index in [9.17, 15) is 4.39 Å². The molecule has 7 heteroatoms. The van der Waals surface area contributed by atoms with Gasteiger partial charge in [-0.3, -0.25) is 0 Å². The molecule has 0 atom stereocenters. The van der Waals surface area contributed by atoms with Gasteiger partial charge >= 0.3 is 0 Å². The number of fused-ring (bicyclic) bond motifs is 1. The molecule has 2 aliphatic carbocycles. The number of hydrogen-bond donors (Lipinski definition) is 2. The highest BCUT2D eigenvalue weighted by Crippen LogP contribution is 2.33. The van der Waals surface area contributed by atoms with Crippen LogP contribution in [0.4, 0.5) is 10.2 Å². The van der Waals surface area contributed by atoms with Gasteiger partial charge in [-0.05, 0) is 92.4 Å². The number of anilines is 1. The third kappa shape index (κ3) is 5.40. The van der Waals surface area contributed by atoms with Crippen LogP contribution in [-0.4, -0.2) is 33.2 Å². The molecule has 4 aromatic rings. The smallest absolute Gasteiger partial charge is 0.126 e. The van der Waals surface area contributed by atoms with Crippen LogP contribution in [0.1, 0.15) is 44.1 Å². The number of rotatable bonds is 8. The van der Waals surface area contributed by atoms with Crippen molar-refractivity contribution in [3.8, 4) is 11.1 Å². The summed E-state index contributed by atoms with van der Waals surface area (Å²) in [5, 5.41) is 8.02. The molecule has 6 rings (SSSR count). The molecule has 0 amide bonds. The van der Waals surface area contributed by atoms with Crippen molar-refractivity contribution >= 4 is 28.5 Å². The van der Waals surface area contributed by atoms with Crippen molar-refractivity contribution in [2.45, 2.75) is 57.2 Å². The molecule has 2 N–H and O–H groups in total. The third-order valence-electron chi connectivity index (χ3n) is 7.50. The predicted octanol–water partition coefficient (Wildman–Crippen LogP) is 6.66. The summed E-state index contributed by atoms with van der Waals surface area (Å²) in [4.78, 5) is 9.10. The SMILES string of the molecule is Fc1cccc(Cn2cnc3ccc(-c4cc(NC5CCC(NCC6CC6)CC5)ncc4Cl)cc32)c1. The Morgan fingerprint density at radius 3 is 2.58 bits per heavy atom. The first-order valence-electron chi connectivity index (χ1n) is 13.0.